The summed E-state index contributed by atoms with van der Waals surface area (Å²) in [6.07, 6.45) is 15.6. The van der Waals surface area contributed by atoms with E-state index in [4.69, 9.17) is 5.73 Å². The van der Waals surface area contributed by atoms with Crippen LogP contribution in [0.5, 0.6) is 0 Å². The first-order valence-electron chi connectivity index (χ1n) is 10.1. The molecule has 0 unspecified atom stereocenters. The lowest BCUT2D eigenvalue weighted by atomic mass is 9.88. The molecule has 0 aromatic heterocycles. The van der Waals surface area contributed by atoms with Crippen LogP contribution in [0.25, 0.3) is 0 Å². The molecule has 0 heterocycles. The molecule has 0 amide bonds. The summed E-state index contributed by atoms with van der Waals surface area (Å²) in [7, 11) is 1.50. The lowest BCUT2D eigenvalue weighted by Crippen LogP contribution is -2.22. The normalized spacial score (nSPS) is 18.0. The van der Waals surface area contributed by atoms with Crippen molar-refractivity contribution >= 4 is 0 Å². The fourth-order valence-electron chi connectivity index (χ4n) is 3.26. The van der Waals surface area contributed by atoms with Crippen LogP contribution < -0.4 is 11.5 Å². The largest absolute Gasteiger partial charge is 0.333 e. The van der Waals surface area contributed by atoms with Gasteiger partial charge < -0.3 is 11.5 Å². The molecule has 24 heavy (non-hydrogen) atoms. The lowest BCUT2D eigenvalue weighted by Gasteiger charge is -2.18. The molecule has 2 fully saturated rings. The van der Waals surface area contributed by atoms with Crippen molar-refractivity contribution in [2.45, 2.75) is 90.5 Å². The maximum atomic E-state index is 5.63. The van der Waals surface area contributed by atoms with Crippen LogP contribution in [0.1, 0.15) is 83.1 Å². The average Bonchev–Trinajstić information content (AvgIpc) is 2.66. The Balaban J connectivity index is 0.000000315. The zero-order valence-electron chi connectivity index (χ0n) is 16.5. The minimum absolute atomic E-state index is 0.536. The van der Waals surface area contributed by atoms with Crippen molar-refractivity contribution in [3.63, 3.8) is 0 Å². The summed E-state index contributed by atoms with van der Waals surface area (Å²) in [6, 6.07) is 10.8. The molecule has 3 rings (SSSR count). The Hall–Kier alpha value is -0.860. The van der Waals surface area contributed by atoms with Gasteiger partial charge in [0.25, 0.3) is 0 Å². The molecule has 2 aliphatic carbocycles. The van der Waals surface area contributed by atoms with Crippen LogP contribution in [0, 0.1) is 12.8 Å². The minimum Gasteiger partial charge on any atom is -0.333 e. The fraction of sp³-hybridized carbons (Fsp3) is 0.727. The molecule has 4 N–H and O–H groups in total. The van der Waals surface area contributed by atoms with Gasteiger partial charge in [-0.05, 0) is 32.7 Å². The van der Waals surface area contributed by atoms with E-state index < -0.39 is 0 Å². The van der Waals surface area contributed by atoms with Crippen molar-refractivity contribution in [1.29, 1.82) is 0 Å². The number of hydrogen-bond acceptors (Lipinski definition) is 2. The van der Waals surface area contributed by atoms with Crippen molar-refractivity contribution in [3.8, 4) is 0 Å². The molecular formula is C22H42N2. The Kier molecular flexibility index (Phi) is 16.4. The van der Waals surface area contributed by atoms with Crippen molar-refractivity contribution in [3.05, 3.63) is 35.9 Å². The third kappa shape index (κ3) is 13.6. The Bertz CT molecular complexity index is 338. The highest BCUT2D eigenvalue weighted by Gasteiger charge is 2.09. The van der Waals surface area contributed by atoms with E-state index >= 15 is 0 Å². The standard InChI is InChI=1S/C8H16.C7H8.C6H13N.CH5N/c1-2-8-6-4-3-5-7-8;1-7-5-3-2-4-6-7;7-6-4-2-1-3-5-6;1-2/h8H,2-7H2,1H3;2-6H,1H3;6H,1-5,7H2;2H2,1H3. The maximum Gasteiger partial charge on any atom is 0.00388 e. The molecule has 0 spiro atoms. The van der Waals surface area contributed by atoms with Gasteiger partial charge in [-0.25, -0.2) is 0 Å². The van der Waals surface area contributed by atoms with Crippen LogP contribution in [0.2, 0.25) is 0 Å². The number of nitrogens with two attached hydrogens (primary N) is 2. The van der Waals surface area contributed by atoms with E-state index in [1.165, 1.54) is 83.2 Å². The van der Waals surface area contributed by atoms with Gasteiger partial charge in [0.15, 0.2) is 0 Å². The molecule has 0 saturated heterocycles. The second-order valence-electron chi connectivity index (χ2n) is 6.97. The monoisotopic (exact) mass is 334 g/mol. The molecular weight excluding hydrogens is 292 g/mol. The van der Waals surface area contributed by atoms with Crippen molar-refractivity contribution < 1.29 is 0 Å². The zero-order valence-corrected chi connectivity index (χ0v) is 16.5. The Morgan fingerprint density at radius 3 is 1.50 bits per heavy atom. The summed E-state index contributed by atoms with van der Waals surface area (Å²) < 4.78 is 0. The van der Waals surface area contributed by atoms with Gasteiger partial charge in [0, 0.05) is 6.04 Å². The molecule has 2 aliphatic rings. The minimum atomic E-state index is 0.536. The summed E-state index contributed by atoms with van der Waals surface area (Å²) in [5, 5.41) is 0. The van der Waals surface area contributed by atoms with E-state index in [9.17, 15) is 0 Å². The van der Waals surface area contributed by atoms with Gasteiger partial charge in [-0.2, -0.15) is 0 Å². The Morgan fingerprint density at radius 1 is 0.792 bits per heavy atom. The number of hydrogen-bond donors (Lipinski definition) is 2. The average molecular weight is 335 g/mol. The second kappa shape index (κ2) is 17.0. The first kappa shape index (κ1) is 23.1. The highest BCUT2D eigenvalue weighted by molar-refractivity contribution is 5.11. The molecule has 0 atom stereocenters. The Labute approximate surface area is 151 Å². The van der Waals surface area contributed by atoms with Gasteiger partial charge in [0.05, 0.1) is 0 Å². The van der Waals surface area contributed by atoms with Gasteiger partial charge in [-0.1, -0.05) is 101 Å². The van der Waals surface area contributed by atoms with E-state index in [1.807, 2.05) is 18.2 Å². The van der Waals surface area contributed by atoms with Crippen LogP contribution in [0.15, 0.2) is 30.3 Å². The summed E-state index contributed by atoms with van der Waals surface area (Å²) >= 11 is 0. The first-order chi connectivity index (χ1) is 11.7. The topological polar surface area (TPSA) is 52.0 Å². The second-order valence-corrected chi connectivity index (χ2v) is 6.97. The summed E-state index contributed by atoms with van der Waals surface area (Å²) in [5.74, 6) is 1.09. The smallest absolute Gasteiger partial charge is 0.00388 e. The summed E-state index contributed by atoms with van der Waals surface area (Å²) in [4.78, 5) is 0. The molecule has 0 radical (unpaired) electrons. The van der Waals surface area contributed by atoms with E-state index in [1.54, 1.807) is 0 Å². The van der Waals surface area contributed by atoms with Gasteiger partial charge in [-0.3, -0.25) is 0 Å². The first-order valence-corrected chi connectivity index (χ1v) is 10.1. The molecule has 1 aromatic rings. The highest BCUT2D eigenvalue weighted by atomic mass is 14.6. The van der Waals surface area contributed by atoms with Crippen LogP contribution in [-0.2, 0) is 0 Å². The summed E-state index contributed by atoms with van der Waals surface area (Å²) in [6.45, 7) is 4.40. The number of benzene rings is 1. The van der Waals surface area contributed by atoms with E-state index in [0.717, 1.165) is 5.92 Å². The molecule has 2 saturated carbocycles. The number of aryl methyl sites for hydroxylation is 1. The zero-order chi connectivity index (χ0) is 18.0. The third-order valence-electron chi connectivity index (χ3n) is 4.89. The molecule has 140 valence electrons. The van der Waals surface area contributed by atoms with E-state index in [0.29, 0.717) is 6.04 Å². The quantitative estimate of drug-likeness (QED) is 0.679. The van der Waals surface area contributed by atoms with Crippen LogP contribution >= 0.6 is 0 Å². The fourth-order valence-corrected chi connectivity index (χ4v) is 3.26. The Morgan fingerprint density at radius 2 is 1.25 bits per heavy atom. The molecule has 1 aromatic carbocycles. The highest BCUT2D eigenvalue weighted by Crippen LogP contribution is 2.25. The van der Waals surface area contributed by atoms with Gasteiger partial charge in [-0.15, -0.1) is 0 Å². The van der Waals surface area contributed by atoms with Crippen molar-refractivity contribution in [2.75, 3.05) is 7.05 Å². The van der Waals surface area contributed by atoms with Crippen LogP contribution in [0.4, 0.5) is 0 Å². The molecule has 2 nitrogen and oxygen atoms in total. The predicted octanol–water partition coefficient (Wildman–Crippen LogP) is 5.82. The molecule has 0 aliphatic heterocycles. The summed E-state index contributed by atoms with van der Waals surface area (Å²) in [5.41, 5.74) is 11.5. The molecule has 0 bridgehead atoms. The van der Waals surface area contributed by atoms with Crippen LogP contribution in [0.3, 0.4) is 0 Å². The molecule has 2 heteroatoms. The van der Waals surface area contributed by atoms with Gasteiger partial charge in [0.2, 0.25) is 0 Å². The van der Waals surface area contributed by atoms with E-state index in [2.05, 4.69) is 31.7 Å². The van der Waals surface area contributed by atoms with E-state index in [-0.39, 0.29) is 0 Å². The third-order valence-corrected chi connectivity index (χ3v) is 4.89. The predicted molar refractivity (Wildman–Crippen MR) is 109 cm³/mol. The lowest BCUT2D eigenvalue weighted by molar-refractivity contribution is 0.349. The van der Waals surface area contributed by atoms with Crippen molar-refractivity contribution in [2.24, 2.45) is 17.4 Å². The van der Waals surface area contributed by atoms with Crippen molar-refractivity contribution in [1.82, 2.24) is 0 Å². The van der Waals surface area contributed by atoms with Gasteiger partial charge >= 0.3 is 0 Å². The maximum absolute atomic E-state index is 5.63. The SMILES string of the molecule is CCC1CCCCC1.CN.Cc1ccccc1.NC1CCCCC1. The van der Waals surface area contributed by atoms with Crippen LogP contribution in [-0.4, -0.2) is 13.1 Å². The van der Waals surface area contributed by atoms with Gasteiger partial charge in [0.1, 0.15) is 0 Å². The number of rotatable bonds is 1.